The van der Waals surface area contributed by atoms with Crippen molar-refractivity contribution in [3.63, 3.8) is 0 Å². The van der Waals surface area contributed by atoms with Gasteiger partial charge in [0.2, 0.25) is 5.91 Å². The lowest BCUT2D eigenvalue weighted by molar-refractivity contribution is -0.126. The lowest BCUT2D eigenvalue weighted by Gasteiger charge is -2.37. The number of carbonyl (C=O) groups excluding carboxylic acids is 2. The average molecular weight is 301 g/mol. The van der Waals surface area contributed by atoms with Crippen molar-refractivity contribution in [1.82, 2.24) is 15.1 Å². The predicted octanol–water partition coefficient (Wildman–Crippen LogP) is 1.11. The molecule has 3 rings (SSSR count). The summed E-state index contributed by atoms with van der Waals surface area (Å²) in [7, 11) is 0. The Morgan fingerprint density at radius 3 is 2.32 bits per heavy atom. The maximum atomic E-state index is 12.4. The van der Waals surface area contributed by atoms with Crippen LogP contribution in [0.5, 0.6) is 0 Å². The molecule has 1 saturated heterocycles. The van der Waals surface area contributed by atoms with Crippen LogP contribution in [0.3, 0.4) is 0 Å². The summed E-state index contributed by atoms with van der Waals surface area (Å²) in [6, 6.07) is 9.66. The minimum Gasteiger partial charge on any atom is -0.352 e. The number of nitrogens with one attached hydrogen (secondary N) is 1. The molecule has 2 amide bonds. The smallest absolute Gasteiger partial charge is 0.253 e. The van der Waals surface area contributed by atoms with Crippen LogP contribution in [-0.4, -0.2) is 59.9 Å². The summed E-state index contributed by atoms with van der Waals surface area (Å²) in [4.78, 5) is 28.5. The molecule has 22 heavy (non-hydrogen) atoms. The molecule has 0 radical (unpaired) electrons. The van der Waals surface area contributed by atoms with Gasteiger partial charge in [-0.2, -0.15) is 0 Å². The third-order valence-corrected chi connectivity index (χ3v) is 4.47. The Hall–Kier alpha value is -1.88. The number of nitrogens with zero attached hydrogens (tertiary/aromatic N) is 2. The van der Waals surface area contributed by atoms with E-state index in [0.29, 0.717) is 19.1 Å². The Labute approximate surface area is 131 Å². The number of benzene rings is 1. The minimum absolute atomic E-state index is 0.0790. The molecule has 1 atom stereocenters. The van der Waals surface area contributed by atoms with Crippen molar-refractivity contribution >= 4 is 11.8 Å². The Morgan fingerprint density at radius 1 is 1.09 bits per heavy atom. The molecule has 2 aliphatic rings. The van der Waals surface area contributed by atoms with Crippen LogP contribution in [0.1, 0.15) is 30.1 Å². The SMILES string of the molecule is CC(C(=O)NC1CC1)N1CCN(C(=O)c2ccccc2)CC1. The Balaban J connectivity index is 1.51. The molecule has 0 spiro atoms. The van der Waals surface area contributed by atoms with Crippen LogP contribution in [0.25, 0.3) is 0 Å². The first-order valence-electron chi connectivity index (χ1n) is 8.04. The zero-order valence-corrected chi connectivity index (χ0v) is 13.0. The van der Waals surface area contributed by atoms with Crippen molar-refractivity contribution in [2.75, 3.05) is 26.2 Å². The summed E-state index contributed by atoms with van der Waals surface area (Å²) < 4.78 is 0. The number of carbonyl (C=O) groups is 2. The lowest BCUT2D eigenvalue weighted by Crippen LogP contribution is -2.55. The molecular formula is C17H23N3O2. The van der Waals surface area contributed by atoms with Gasteiger partial charge >= 0.3 is 0 Å². The second-order valence-corrected chi connectivity index (χ2v) is 6.15. The summed E-state index contributed by atoms with van der Waals surface area (Å²) in [6.07, 6.45) is 2.22. The van der Waals surface area contributed by atoms with E-state index >= 15 is 0 Å². The minimum atomic E-state index is -0.116. The fourth-order valence-corrected chi connectivity index (χ4v) is 2.79. The first-order valence-corrected chi connectivity index (χ1v) is 8.04. The van der Waals surface area contributed by atoms with Gasteiger partial charge in [-0.3, -0.25) is 14.5 Å². The van der Waals surface area contributed by atoms with Gasteiger partial charge in [-0.05, 0) is 31.9 Å². The molecule has 118 valence electrons. The van der Waals surface area contributed by atoms with Gasteiger partial charge in [0.1, 0.15) is 0 Å². The molecule has 1 aliphatic carbocycles. The van der Waals surface area contributed by atoms with Gasteiger partial charge in [0.15, 0.2) is 0 Å². The fraction of sp³-hybridized carbons (Fsp3) is 0.529. The fourth-order valence-electron chi connectivity index (χ4n) is 2.79. The molecular weight excluding hydrogens is 278 g/mol. The summed E-state index contributed by atoms with van der Waals surface area (Å²) in [5, 5.41) is 3.05. The van der Waals surface area contributed by atoms with E-state index in [0.717, 1.165) is 31.5 Å². The Morgan fingerprint density at radius 2 is 1.73 bits per heavy atom. The zero-order chi connectivity index (χ0) is 15.5. The molecule has 1 N–H and O–H groups in total. The highest BCUT2D eigenvalue weighted by Crippen LogP contribution is 2.19. The number of hydrogen-bond donors (Lipinski definition) is 1. The molecule has 5 heteroatoms. The summed E-state index contributed by atoms with van der Waals surface area (Å²) in [5.41, 5.74) is 0.732. The van der Waals surface area contributed by atoms with E-state index in [1.807, 2.05) is 42.2 Å². The second kappa shape index (κ2) is 6.48. The van der Waals surface area contributed by atoms with E-state index in [4.69, 9.17) is 0 Å². The van der Waals surface area contributed by atoms with Crippen LogP contribution in [0.4, 0.5) is 0 Å². The third-order valence-electron chi connectivity index (χ3n) is 4.47. The Kier molecular flexibility index (Phi) is 4.43. The first kappa shape index (κ1) is 15.0. The molecule has 2 fully saturated rings. The molecule has 1 saturated carbocycles. The second-order valence-electron chi connectivity index (χ2n) is 6.15. The lowest BCUT2D eigenvalue weighted by atomic mass is 10.1. The summed E-state index contributed by atoms with van der Waals surface area (Å²) in [5.74, 6) is 0.195. The van der Waals surface area contributed by atoms with Crippen LogP contribution < -0.4 is 5.32 Å². The van der Waals surface area contributed by atoms with Gasteiger partial charge in [0.05, 0.1) is 6.04 Å². The van der Waals surface area contributed by atoms with Gasteiger partial charge in [-0.1, -0.05) is 18.2 Å². The molecule has 1 aromatic carbocycles. The highest BCUT2D eigenvalue weighted by molar-refractivity contribution is 5.94. The monoisotopic (exact) mass is 301 g/mol. The van der Waals surface area contributed by atoms with Crippen LogP contribution >= 0.6 is 0 Å². The molecule has 5 nitrogen and oxygen atoms in total. The van der Waals surface area contributed by atoms with Crippen molar-refractivity contribution in [2.45, 2.75) is 31.8 Å². The highest BCUT2D eigenvalue weighted by Gasteiger charge is 2.30. The summed E-state index contributed by atoms with van der Waals surface area (Å²) in [6.45, 7) is 4.80. The van der Waals surface area contributed by atoms with E-state index in [1.54, 1.807) is 0 Å². The normalized spacial score (nSPS) is 20.5. The largest absolute Gasteiger partial charge is 0.352 e. The van der Waals surface area contributed by atoms with Gasteiger partial charge in [-0.15, -0.1) is 0 Å². The third kappa shape index (κ3) is 3.47. The summed E-state index contributed by atoms with van der Waals surface area (Å²) >= 11 is 0. The maximum absolute atomic E-state index is 12.4. The molecule has 1 aliphatic heterocycles. The van der Waals surface area contributed by atoms with Crippen molar-refractivity contribution < 1.29 is 9.59 Å². The van der Waals surface area contributed by atoms with Crippen molar-refractivity contribution in [3.8, 4) is 0 Å². The van der Waals surface area contributed by atoms with Gasteiger partial charge in [-0.25, -0.2) is 0 Å². The van der Waals surface area contributed by atoms with E-state index in [2.05, 4.69) is 10.2 Å². The van der Waals surface area contributed by atoms with Crippen LogP contribution in [-0.2, 0) is 4.79 Å². The zero-order valence-electron chi connectivity index (χ0n) is 13.0. The van der Waals surface area contributed by atoms with Gasteiger partial charge in [0.25, 0.3) is 5.91 Å². The van der Waals surface area contributed by atoms with Crippen molar-refractivity contribution in [2.24, 2.45) is 0 Å². The van der Waals surface area contributed by atoms with Crippen molar-refractivity contribution in [3.05, 3.63) is 35.9 Å². The van der Waals surface area contributed by atoms with Crippen LogP contribution in [0, 0.1) is 0 Å². The quantitative estimate of drug-likeness (QED) is 0.906. The van der Waals surface area contributed by atoms with E-state index in [9.17, 15) is 9.59 Å². The predicted molar refractivity (Wildman–Crippen MR) is 84.5 cm³/mol. The number of rotatable bonds is 4. The molecule has 0 bridgehead atoms. The van der Waals surface area contributed by atoms with Crippen LogP contribution in [0.2, 0.25) is 0 Å². The molecule has 1 unspecified atom stereocenters. The molecule has 1 heterocycles. The van der Waals surface area contributed by atoms with Crippen LogP contribution in [0.15, 0.2) is 30.3 Å². The first-order chi connectivity index (χ1) is 10.6. The number of amides is 2. The van der Waals surface area contributed by atoms with E-state index in [-0.39, 0.29) is 17.9 Å². The average Bonchev–Trinajstić information content (AvgIpc) is 3.38. The number of hydrogen-bond acceptors (Lipinski definition) is 3. The molecule has 0 aromatic heterocycles. The van der Waals surface area contributed by atoms with Gasteiger partial charge in [0, 0.05) is 37.8 Å². The molecule has 1 aromatic rings. The van der Waals surface area contributed by atoms with Crippen molar-refractivity contribution in [1.29, 1.82) is 0 Å². The van der Waals surface area contributed by atoms with Gasteiger partial charge < -0.3 is 10.2 Å². The van der Waals surface area contributed by atoms with E-state index in [1.165, 1.54) is 0 Å². The maximum Gasteiger partial charge on any atom is 0.253 e. The number of piperazine rings is 1. The van der Waals surface area contributed by atoms with E-state index < -0.39 is 0 Å². The highest BCUT2D eigenvalue weighted by atomic mass is 16.2. The topological polar surface area (TPSA) is 52.7 Å². The Bertz CT molecular complexity index is 534. The standard InChI is InChI=1S/C17H23N3O2/c1-13(16(21)18-15-7-8-15)19-9-11-20(12-10-19)17(22)14-5-3-2-4-6-14/h2-6,13,15H,7-12H2,1H3,(H,18,21).